The second-order valence-corrected chi connectivity index (χ2v) is 4.79. The molecule has 0 atom stereocenters. The number of hydrogen-bond acceptors (Lipinski definition) is 3. The van der Waals surface area contributed by atoms with Gasteiger partial charge in [0.1, 0.15) is 5.82 Å². The van der Waals surface area contributed by atoms with E-state index in [1.165, 1.54) is 6.07 Å². The third-order valence-electron chi connectivity index (χ3n) is 3.14. The zero-order valence-corrected chi connectivity index (χ0v) is 11.9. The quantitative estimate of drug-likeness (QED) is 0.788. The van der Waals surface area contributed by atoms with E-state index in [0.29, 0.717) is 13.2 Å². The maximum Gasteiger partial charge on any atom is 0.123 e. The third-order valence-corrected chi connectivity index (χ3v) is 3.14. The van der Waals surface area contributed by atoms with Crippen LogP contribution >= 0.6 is 0 Å². The fourth-order valence-electron chi connectivity index (χ4n) is 1.98. The molecule has 4 nitrogen and oxygen atoms in total. The Balaban J connectivity index is 1.93. The van der Waals surface area contributed by atoms with Crippen LogP contribution in [0, 0.1) is 12.7 Å². The number of nitrogens with one attached hydrogen (secondary N) is 1. The predicted octanol–water partition coefficient (Wildman–Crippen LogP) is 2.11. The standard InChI is InChI=1S/C15H20FN3O/c1-12-3-4-15(16)7-14(12)11-19-10-13(9-18-19)8-17-5-6-20-2/h3-4,7,9-10,17H,5-6,8,11H2,1-2H3. The first kappa shape index (κ1) is 14.7. The molecule has 0 aliphatic carbocycles. The van der Waals surface area contributed by atoms with Gasteiger partial charge in [-0.1, -0.05) is 6.07 Å². The summed E-state index contributed by atoms with van der Waals surface area (Å²) in [5, 5.41) is 7.57. The van der Waals surface area contributed by atoms with E-state index in [1.54, 1.807) is 19.2 Å². The van der Waals surface area contributed by atoms with E-state index in [0.717, 1.165) is 29.8 Å². The van der Waals surface area contributed by atoms with Crippen molar-refractivity contribution in [3.8, 4) is 0 Å². The fraction of sp³-hybridized carbons (Fsp3) is 0.400. The molecule has 0 saturated heterocycles. The molecule has 0 amide bonds. The van der Waals surface area contributed by atoms with Gasteiger partial charge >= 0.3 is 0 Å². The van der Waals surface area contributed by atoms with E-state index in [1.807, 2.05) is 24.0 Å². The molecule has 20 heavy (non-hydrogen) atoms. The highest BCUT2D eigenvalue weighted by Crippen LogP contribution is 2.12. The number of rotatable bonds is 7. The zero-order valence-electron chi connectivity index (χ0n) is 11.9. The molecule has 1 N–H and O–H groups in total. The monoisotopic (exact) mass is 277 g/mol. The van der Waals surface area contributed by atoms with Crippen molar-refractivity contribution < 1.29 is 9.13 Å². The number of aromatic nitrogens is 2. The predicted molar refractivity (Wildman–Crippen MR) is 76.0 cm³/mol. The lowest BCUT2D eigenvalue weighted by atomic mass is 10.1. The van der Waals surface area contributed by atoms with E-state index < -0.39 is 0 Å². The summed E-state index contributed by atoms with van der Waals surface area (Å²) in [6.07, 6.45) is 3.80. The van der Waals surface area contributed by atoms with Crippen molar-refractivity contribution in [2.75, 3.05) is 20.3 Å². The number of methoxy groups -OCH3 is 1. The smallest absolute Gasteiger partial charge is 0.123 e. The second kappa shape index (κ2) is 7.17. The van der Waals surface area contributed by atoms with Crippen LogP contribution < -0.4 is 5.32 Å². The molecule has 0 aliphatic rings. The van der Waals surface area contributed by atoms with E-state index in [4.69, 9.17) is 4.74 Å². The Morgan fingerprint density at radius 3 is 3.05 bits per heavy atom. The van der Waals surface area contributed by atoms with Gasteiger partial charge in [0.25, 0.3) is 0 Å². The number of hydrogen-bond donors (Lipinski definition) is 1. The maximum atomic E-state index is 13.2. The molecule has 108 valence electrons. The first-order valence-electron chi connectivity index (χ1n) is 6.65. The average molecular weight is 277 g/mol. The SMILES string of the molecule is COCCNCc1cnn(Cc2cc(F)ccc2C)c1. The molecule has 0 fully saturated rings. The largest absolute Gasteiger partial charge is 0.383 e. The van der Waals surface area contributed by atoms with Crippen LogP contribution in [0.2, 0.25) is 0 Å². The van der Waals surface area contributed by atoms with Crippen LogP contribution in [-0.4, -0.2) is 30.0 Å². The molecule has 0 spiro atoms. The molecule has 0 aliphatic heterocycles. The van der Waals surface area contributed by atoms with Crippen molar-refractivity contribution in [1.82, 2.24) is 15.1 Å². The molecular weight excluding hydrogens is 257 g/mol. The summed E-state index contributed by atoms with van der Waals surface area (Å²) in [7, 11) is 1.68. The molecule has 2 aromatic rings. The summed E-state index contributed by atoms with van der Waals surface area (Å²) in [5.41, 5.74) is 3.13. The van der Waals surface area contributed by atoms with Crippen molar-refractivity contribution in [2.45, 2.75) is 20.0 Å². The normalized spacial score (nSPS) is 10.9. The van der Waals surface area contributed by atoms with Gasteiger partial charge in [0, 0.05) is 32.0 Å². The van der Waals surface area contributed by atoms with Gasteiger partial charge in [0.15, 0.2) is 0 Å². The lowest BCUT2D eigenvalue weighted by Gasteiger charge is -2.06. The third kappa shape index (κ3) is 4.15. The minimum Gasteiger partial charge on any atom is -0.383 e. The summed E-state index contributed by atoms with van der Waals surface area (Å²) in [6, 6.07) is 4.84. The van der Waals surface area contributed by atoms with Crippen molar-refractivity contribution in [3.63, 3.8) is 0 Å². The van der Waals surface area contributed by atoms with Crippen LogP contribution in [0.4, 0.5) is 4.39 Å². The molecule has 2 rings (SSSR count). The lowest BCUT2D eigenvalue weighted by Crippen LogP contribution is -2.18. The topological polar surface area (TPSA) is 39.1 Å². The Kier molecular flexibility index (Phi) is 5.26. The van der Waals surface area contributed by atoms with Crippen molar-refractivity contribution >= 4 is 0 Å². The van der Waals surface area contributed by atoms with Gasteiger partial charge in [-0.05, 0) is 30.2 Å². The molecule has 1 heterocycles. The van der Waals surface area contributed by atoms with Gasteiger partial charge in [0.05, 0.1) is 19.3 Å². The van der Waals surface area contributed by atoms with Crippen LogP contribution in [0.3, 0.4) is 0 Å². The lowest BCUT2D eigenvalue weighted by molar-refractivity contribution is 0.199. The van der Waals surface area contributed by atoms with Crippen LogP contribution in [0.15, 0.2) is 30.6 Å². The van der Waals surface area contributed by atoms with Crippen LogP contribution in [0.25, 0.3) is 0 Å². The van der Waals surface area contributed by atoms with Gasteiger partial charge < -0.3 is 10.1 Å². The highest BCUT2D eigenvalue weighted by molar-refractivity contribution is 5.26. The molecule has 1 aromatic heterocycles. The van der Waals surface area contributed by atoms with Gasteiger partial charge in [-0.25, -0.2) is 4.39 Å². The first-order valence-corrected chi connectivity index (χ1v) is 6.65. The van der Waals surface area contributed by atoms with Gasteiger partial charge in [-0.3, -0.25) is 4.68 Å². The van der Waals surface area contributed by atoms with Crippen molar-refractivity contribution in [3.05, 3.63) is 53.1 Å². The van der Waals surface area contributed by atoms with Crippen LogP contribution in [0.5, 0.6) is 0 Å². The summed E-state index contributed by atoms with van der Waals surface area (Å²) >= 11 is 0. The number of aryl methyl sites for hydroxylation is 1. The number of ether oxygens (including phenoxy) is 1. The Morgan fingerprint density at radius 1 is 1.40 bits per heavy atom. The van der Waals surface area contributed by atoms with Gasteiger partial charge in [-0.2, -0.15) is 5.10 Å². The summed E-state index contributed by atoms with van der Waals surface area (Å²) in [6.45, 7) is 4.82. The van der Waals surface area contributed by atoms with E-state index in [9.17, 15) is 4.39 Å². The van der Waals surface area contributed by atoms with Crippen molar-refractivity contribution in [1.29, 1.82) is 0 Å². The number of nitrogens with zero attached hydrogens (tertiary/aromatic N) is 2. The fourth-order valence-corrected chi connectivity index (χ4v) is 1.98. The molecule has 1 aromatic carbocycles. The molecule has 0 unspecified atom stereocenters. The first-order chi connectivity index (χ1) is 9.69. The molecule has 0 radical (unpaired) electrons. The number of benzene rings is 1. The van der Waals surface area contributed by atoms with E-state index in [2.05, 4.69) is 10.4 Å². The molecule has 0 saturated carbocycles. The van der Waals surface area contributed by atoms with E-state index in [-0.39, 0.29) is 5.82 Å². The van der Waals surface area contributed by atoms with Gasteiger partial charge in [0.2, 0.25) is 0 Å². The van der Waals surface area contributed by atoms with Crippen LogP contribution in [0.1, 0.15) is 16.7 Å². The summed E-state index contributed by atoms with van der Waals surface area (Å²) in [5.74, 6) is -0.209. The van der Waals surface area contributed by atoms with Crippen molar-refractivity contribution in [2.24, 2.45) is 0 Å². The van der Waals surface area contributed by atoms with Crippen LogP contribution in [-0.2, 0) is 17.8 Å². The Labute approximate surface area is 118 Å². The molecule has 0 bridgehead atoms. The highest BCUT2D eigenvalue weighted by atomic mass is 19.1. The molecule has 5 heteroatoms. The second-order valence-electron chi connectivity index (χ2n) is 4.79. The maximum absolute atomic E-state index is 13.2. The van der Waals surface area contributed by atoms with E-state index >= 15 is 0 Å². The minimum atomic E-state index is -0.209. The summed E-state index contributed by atoms with van der Waals surface area (Å²) in [4.78, 5) is 0. The zero-order chi connectivity index (χ0) is 14.4. The summed E-state index contributed by atoms with van der Waals surface area (Å²) < 4.78 is 20.0. The van der Waals surface area contributed by atoms with Gasteiger partial charge in [-0.15, -0.1) is 0 Å². The average Bonchev–Trinajstić information content (AvgIpc) is 2.87. The highest BCUT2D eigenvalue weighted by Gasteiger charge is 2.03. The number of halogens is 1. The Morgan fingerprint density at radius 2 is 2.25 bits per heavy atom. The Hall–Kier alpha value is -1.72. The molecular formula is C15H20FN3O. The minimum absolute atomic E-state index is 0.209. The Bertz CT molecular complexity index is 554.